The number of aromatic nitrogens is 4. The molecule has 0 saturated carbocycles. The van der Waals surface area contributed by atoms with E-state index in [1.165, 1.54) is 135 Å². The van der Waals surface area contributed by atoms with Crippen molar-refractivity contribution in [3.63, 3.8) is 0 Å². The normalized spacial score (nSPS) is 17.8. The van der Waals surface area contributed by atoms with E-state index < -0.39 is 47.3 Å². The molecule has 0 radical (unpaired) electrons. The minimum atomic E-state index is -0.410. The van der Waals surface area contributed by atoms with Crippen molar-refractivity contribution in [2.75, 3.05) is 98.4 Å². The van der Waals surface area contributed by atoms with Gasteiger partial charge in [-0.2, -0.15) is 0 Å². The monoisotopic (exact) mass is 1130 g/mol. The van der Waals surface area contributed by atoms with Crippen molar-refractivity contribution >= 4 is 134 Å². The second-order valence-electron chi connectivity index (χ2n) is 14.3. The molecular formula is C44H52N12O8S8. The van der Waals surface area contributed by atoms with Gasteiger partial charge in [0, 0.05) is 98.4 Å². The van der Waals surface area contributed by atoms with Gasteiger partial charge in [0.15, 0.2) is 0 Å². The number of nitrogens with one attached hydrogen (secondary N) is 8. The van der Waals surface area contributed by atoms with Crippen molar-refractivity contribution in [1.29, 1.82) is 0 Å². The standard InChI is InChI=1S/C44H52N12O8S8/c57-37-29-5-1-6-30(53-29)38(58)46-14-22-66-68-24-16-48-40(60)32-8-3-10-34(55-32)42(62)50-18-26-70-72-28-20-52-44(64)36-12-4-11-35(56-36)43(63)51-19-27-71-69-25-17-49-41(61)33-9-2-7-31(54-33)39(59)47-15-23-67-65-21-13-45-37/h1-12H,13-28H2,(H,45,57)(H,46,58)(H,47,59)(H,48,60)(H,49,61)(H,50,62)(H,51,63)(H,52,64). The SMILES string of the molecule is O=C1NCCSSCCNC(=O)c2cccc(n2)C(=O)NCCSSCCNC(=O)c2cccc(n2)C(=O)NCCSSCCNC(=O)c2cccc(n2)C(=O)NCCSSCCNC(=O)c2cccc1n2. The molecule has 72 heavy (non-hydrogen) atoms. The van der Waals surface area contributed by atoms with Crippen LogP contribution >= 0.6 is 86.4 Å². The zero-order valence-electron chi connectivity index (χ0n) is 38.6. The van der Waals surface area contributed by atoms with E-state index >= 15 is 0 Å². The average molecular weight is 1130 g/mol. The van der Waals surface area contributed by atoms with Crippen LogP contribution in [0.2, 0.25) is 0 Å². The Hall–Kier alpha value is -4.84. The molecule has 0 spiro atoms. The van der Waals surface area contributed by atoms with Gasteiger partial charge in [0.2, 0.25) is 0 Å². The number of amides is 8. The number of fused-ring (bicyclic) bond motifs is 8. The van der Waals surface area contributed by atoms with Crippen molar-refractivity contribution in [1.82, 2.24) is 62.5 Å². The van der Waals surface area contributed by atoms with Crippen molar-refractivity contribution < 1.29 is 38.4 Å². The van der Waals surface area contributed by atoms with Crippen LogP contribution in [-0.4, -0.2) is 166 Å². The lowest BCUT2D eigenvalue weighted by molar-refractivity contribution is 0.0931. The largest absolute Gasteiger partial charge is 0.350 e. The highest BCUT2D eigenvalue weighted by Crippen LogP contribution is 2.22. The van der Waals surface area contributed by atoms with Crippen LogP contribution in [0.15, 0.2) is 72.8 Å². The quantitative estimate of drug-likeness (QED) is 0.116. The first-order valence-corrected chi connectivity index (χ1v) is 32.2. The molecule has 4 aromatic heterocycles. The van der Waals surface area contributed by atoms with Gasteiger partial charge in [-0.15, -0.1) is 0 Å². The lowest BCUT2D eigenvalue weighted by Crippen LogP contribution is -2.30. The Bertz CT molecular complexity index is 2000. The summed E-state index contributed by atoms with van der Waals surface area (Å²) in [5.41, 5.74) is 0.925. The zero-order chi connectivity index (χ0) is 51.2. The van der Waals surface area contributed by atoms with Crippen LogP contribution in [-0.2, 0) is 0 Å². The van der Waals surface area contributed by atoms with Crippen molar-refractivity contribution in [3.05, 3.63) is 118 Å². The molecule has 1 aliphatic heterocycles. The predicted molar refractivity (Wildman–Crippen MR) is 295 cm³/mol. The fraction of sp³-hybridized carbons (Fsp3) is 0.364. The molecule has 8 bridgehead atoms. The van der Waals surface area contributed by atoms with Gasteiger partial charge in [0.1, 0.15) is 45.6 Å². The van der Waals surface area contributed by atoms with Crippen molar-refractivity contribution in [2.24, 2.45) is 0 Å². The number of carbonyl (C=O) groups is 8. The maximum atomic E-state index is 12.8. The fourth-order valence-corrected chi connectivity index (χ4v) is 12.9. The Balaban J connectivity index is 1.06. The Morgan fingerprint density at radius 3 is 0.486 bits per heavy atom. The first kappa shape index (κ1) is 58.1. The molecule has 5 rings (SSSR count). The summed E-state index contributed by atoms with van der Waals surface area (Å²) in [6, 6.07) is 18.6. The first-order valence-electron chi connectivity index (χ1n) is 22.2. The number of hydrogen-bond donors (Lipinski definition) is 8. The number of hydrogen-bond acceptors (Lipinski definition) is 20. The summed E-state index contributed by atoms with van der Waals surface area (Å²) >= 11 is 0. The van der Waals surface area contributed by atoms with E-state index in [1.54, 1.807) is 24.3 Å². The fourth-order valence-electron chi connectivity index (χ4n) is 5.60. The third-order valence-electron chi connectivity index (χ3n) is 8.96. The molecule has 0 saturated heterocycles. The van der Waals surface area contributed by atoms with E-state index in [2.05, 4.69) is 62.5 Å². The van der Waals surface area contributed by atoms with E-state index in [-0.39, 0.29) is 45.6 Å². The molecule has 0 atom stereocenters. The van der Waals surface area contributed by atoms with Gasteiger partial charge in [-0.1, -0.05) is 111 Å². The van der Waals surface area contributed by atoms with Crippen LogP contribution in [0.1, 0.15) is 83.9 Å². The molecule has 0 aliphatic carbocycles. The maximum Gasteiger partial charge on any atom is 0.269 e. The van der Waals surface area contributed by atoms with E-state index in [0.29, 0.717) is 98.4 Å². The Kier molecular flexibility index (Phi) is 27.3. The lowest BCUT2D eigenvalue weighted by atomic mass is 10.2. The topological polar surface area (TPSA) is 284 Å². The Labute approximate surface area is 448 Å². The van der Waals surface area contributed by atoms with Crippen molar-refractivity contribution in [3.8, 4) is 0 Å². The zero-order valence-corrected chi connectivity index (χ0v) is 45.1. The van der Waals surface area contributed by atoms with Gasteiger partial charge >= 0.3 is 0 Å². The van der Waals surface area contributed by atoms with E-state index in [4.69, 9.17) is 0 Å². The number of nitrogens with zero attached hydrogens (tertiary/aromatic N) is 4. The minimum absolute atomic E-state index is 0.116. The molecule has 4 aromatic rings. The molecule has 28 heteroatoms. The van der Waals surface area contributed by atoms with Crippen LogP contribution in [0.25, 0.3) is 0 Å². The summed E-state index contributed by atoms with van der Waals surface area (Å²) < 4.78 is 0. The molecule has 0 aromatic carbocycles. The van der Waals surface area contributed by atoms with Crippen LogP contribution in [0.3, 0.4) is 0 Å². The lowest BCUT2D eigenvalue weighted by Gasteiger charge is -2.09. The van der Waals surface area contributed by atoms with Crippen LogP contribution in [0, 0.1) is 0 Å². The molecule has 384 valence electrons. The predicted octanol–water partition coefficient (Wildman–Crippen LogP) is 3.74. The van der Waals surface area contributed by atoms with E-state index in [9.17, 15) is 38.4 Å². The highest BCUT2D eigenvalue weighted by atomic mass is 33.1. The highest BCUT2D eigenvalue weighted by Gasteiger charge is 2.16. The number of pyridine rings is 4. The van der Waals surface area contributed by atoms with Gasteiger partial charge in [0.05, 0.1) is 0 Å². The third-order valence-corrected chi connectivity index (χ3v) is 18.6. The summed E-state index contributed by atoms with van der Waals surface area (Å²) in [5.74, 6) is 1.40. The second kappa shape index (κ2) is 33.8. The molecule has 1 aliphatic rings. The van der Waals surface area contributed by atoms with Gasteiger partial charge in [0.25, 0.3) is 47.3 Å². The molecule has 0 fully saturated rings. The summed E-state index contributed by atoms with van der Waals surface area (Å²) in [4.78, 5) is 119. The third kappa shape index (κ3) is 21.7. The van der Waals surface area contributed by atoms with Gasteiger partial charge in [-0.25, -0.2) is 19.9 Å². The minimum Gasteiger partial charge on any atom is -0.350 e. The van der Waals surface area contributed by atoms with E-state index in [1.807, 2.05) is 0 Å². The summed E-state index contributed by atoms with van der Waals surface area (Å²) in [6.45, 7) is 2.85. The molecule has 5 heterocycles. The van der Waals surface area contributed by atoms with E-state index in [0.717, 1.165) is 0 Å². The Morgan fingerprint density at radius 2 is 0.361 bits per heavy atom. The summed E-state index contributed by atoms with van der Waals surface area (Å²) in [6.07, 6.45) is 0. The molecule has 0 unspecified atom stereocenters. The summed E-state index contributed by atoms with van der Waals surface area (Å²) in [5, 5.41) is 22.4. The van der Waals surface area contributed by atoms with Crippen molar-refractivity contribution in [2.45, 2.75) is 0 Å². The van der Waals surface area contributed by atoms with Crippen LogP contribution in [0.4, 0.5) is 0 Å². The average Bonchev–Trinajstić information content (AvgIpc) is 3.40. The smallest absolute Gasteiger partial charge is 0.269 e. The molecule has 20 nitrogen and oxygen atoms in total. The van der Waals surface area contributed by atoms with Gasteiger partial charge in [-0.05, 0) is 48.5 Å². The van der Waals surface area contributed by atoms with Gasteiger partial charge < -0.3 is 42.5 Å². The second-order valence-corrected chi connectivity index (χ2v) is 25.1. The highest BCUT2D eigenvalue weighted by molar-refractivity contribution is 8.77. The number of carbonyl (C=O) groups excluding carboxylic acids is 8. The van der Waals surface area contributed by atoms with Crippen LogP contribution < -0.4 is 42.5 Å². The van der Waals surface area contributed by atoms with Gasteiger partial charge in [-0.3, -0.25) is 38.4 Å². The van der Waals surface area contributed by atoms with Crippen LogP contribution in [0.5, 0.6) is 0 Å². The Morgan fingerprint density at radius 1 is 0.236 bits per heavy atom. The molecule has 8 N–H and O–H groups in total. The molecule has 8 amide bonds. The molecular weight excluding hydrogens is 1080 g/mol. The maximum absolute atomic E-state index is 12.8. The first-order chi connectivity index (χ1) is 35.1. The number of rotatable bonds is 0. The summed E-state index contributed by atoms with van der Waals surface area (Å²) in [7, 11) is 12.1.